The van der Waals surface area contributed by atoms with Crippen molar-refractivity contribution in [1.29, 1.82) is 0 Å². The van der Waals surface area contributed by atoms with E-state index < -0.39 is 51.4 Å². The number of ether oxygens (including phenoxy) is 1. The van der Waals surface area contributed by atoms with Gasteiger partial charge < -0.3 is 19.1 Å². The Morgan fingerprint density at radius 3 is 1.72 bits per heavy atom. The molecule has 0 bridgehead atoms. The molecule has 0 N–H and O–H groups in total. The Hall–Kier alpha value is -7.62. The predicted octanol–water partition coefficient (Wildman–Crippen LogP) is 17.7. The monoisotopic (exact) mass is 1180 g/mol. The molecule has 0 spiro atoms. The van der Waals surface area contributed by atoms with Gasteiger partial charge in [-0.25, -0.2) is 31.3 Å². The van der Waals surface area contributed by atoms with Crippen LogP contribution in [0.25, 0.3) is 61.0 Å². The molecular formula is C63H47F6N4OPt-3. The third kappa shape index (κ3) is 9.26. The number of aryl methyl sites for hydroxylation is 1. The topological polar surface area (TPSA) is 33.5 Å². The van der Waals surface area contributed by atoms with E-state index in [0.717, 1.165) is 49.9 Å². The van der Waals surface area contributed by atoms with Gasteiger partial charge in [0.15, 0.2) is 0 Å². The number of benzene rings is 8. The summed E-state index contributed by atoms with van der Waals surface area (Å²) in [6.45, 7) is 15.6. The van der Waals surface area contributed by atoms with Crippen LogP contribution in [-0.4, -0.2) is 9.55 Å². The van der Waals surface area contributed by atoms with Crippen LogP contribution in [0.1, 0.15) is 58.2 Å². The SMILES string of the molecule is Cc1ccccc1-c1cc(Oc2[c-]c3c(cc2)c2ccccc2n3-c2cc(C(C)(C)C)ccn2)[c-]c(N2[CH-]N(c3c(-c4c(F)cc(F)cc4F)cc(C(C)(C)C)cc3-c3c(F)cc(F)cc3F)c3ccccc32)c1.[Pt]. The van der Waals surface area contributed by atoms with Crippen molar-refractivity contribution in [1.82, 2.24) is 9.55 Å². The van der Waals surface area contributed by atoms with Gasteiger partial charge in [-0.05, 0) is 87.9 Å². The van der Waals surface area contributed by atoms with Crippen molar-refractivity contribution in [3.8, 4) is 50.7 Å². The molecule has 12 heteroatoms. The number of para-hydroxylation sites is 3. The molecule has 0 amide bonds. The zero-order valence-electron chi connectivity index (χ0n) is 41.8. The van der Waals surface area contributed by atoms with Crippen LogP contribution in [0.3, 0.4) is 0 Å². The molecule has 5 nitrogen and oxygen atoms in total. The predicted molar refractivity (Wildman–Crippen MR) is 282 cm³/mol. The van der Waals surface area contributed by atoms with E-state index in [1.54, 1.807) is 28.6 Å². The molecule has 3 heterocycles. The van der Waals surface area contributed by atoms with Crippen LogP contribution in [0.15, 0.2) is 152 Å². The molecule has 0 saturated carbocycles. The Balaban J connectivity index is 0.00000641. The van der Waals surface area contributed by atoms with Crippen LogP contribution >= 0.6 is 0 Å². The number of fused-ring (bicyclic) bond motifs is 4. The molecule has 11 rings (SSSR count). The molecule has 75 heavy (non-hydrogen) atoms. The minimum absolute atomic E-state index is 0. The maximum absolute atomic E-state index is 16.3. The normalized spacial score (nSPS) is 12.7. The molecule has 0 aliphatic carbocycles. The fraction of sp³-hybridized carbons (Fsp3) is 0.143. The second-order valence-corrected chi connectivity index (χ2v) is 20.6. The van der Waals surface area contributed by atoms with Crippen LogP contribution in [0.4, 0.5) is 49.1 Å². The van der Waals surface area contributed by atoms with Gasteiger partial charge in [0.2, 0.25) is 0 Å². The molecule has 2 aromatic heterocycles. The smallest absolute Gasteiger partial charge is 0.136 e. The summed E-state index contributed by atoms with van der Waals surface area (Å²) < 4.78 is 103. The van der Waals surface area contributed by atoms with Crippen LogP contribution < -0.4 is 14.5 Å². The Morgan fingerprint density at radius 2 is 1.11 bits per heavy atom. The summed E-state index contributed by atoms with van der Waals surface area (Å²) in [6.07, 6.45) is 1.82. The zero-order valence-corrected chi connectivity index (χ0v) is 44.1. The van der Waals surface area contributed by atoms with E-state index in [1.165, 1.54) is 12.1 Å². The second-order valence-electron chi connectivity index (χ2n) is 20.6. The number of hydrogen-bond donors (Lipinski definition) is 0. The molecule has 0 atom stereocenters. The minimum Gasteiger partial charge on any atom is -0.509 e. The molecule has 0 unspecified atom stereocenters. The van der Waals surface area contributed by atoms with Gasteiger partial charge >= 0.3 is 0 Å². The molecule has 0 fully saturated rings. The van der Waals surface area contributed by atoms with Crippen LogP contribution in [0.2, 0.25) is 0 Å². The standard InChI is InChI=1S/C63H47F6N4O.Pt/c1-36-14-8-9-15-45(36)37-24-42(33-44(25-37)74-43-20-21-47-46-16-10-11-17-54(46)73(57(47)34-43)58-28-38(22-23-70-58)62(2,3)4)71-35-72(56-19-13-12-18-55(56)71)61-48(59-50(66)29-40(64)30-51(59)67)26-39(63(5,6)7)27-49(61)60-52(68)31-41(65)32-53(60)69;/h8-32,35H,1-7H3;/q-3;. The quantitative estimate of drug-likeness (QED) is 0.112. The summed E-state index contributed by atoms with van der Waals surface area (Å²) in [4.78, 5) is 8.20. The van der Waals surface area contributed by atoms with Crippen LogP contribution in [0, 0.1) is 60.6 Å². The van der Waals surface area contributed by atoms with Crippen molar-refractivity contribution >= 4 is 44.6 Å². The number of nitrogens with zero attached hydrogens (tertiary/aromatic N) is 4. The first-order valence-electron chi connectivity index (χ1n) is 24.1. The van der Waals surface area contributed by atoms with E-state index in [0.29, 0.717) is 58.4 Å². The van der Waals surface area contributed by atoms with Gasteiger partial charge in [0.1, 0.15) is 40.7 Å². The van der Waals surface area contributed by atoms with E-state index in [-0.39, 0.29) is 43.3 Å². The molecular weight excluding hydrogens is 1140 g/mol. The first-order valence-corrected chi connectivity index (χ1v) is 24.1. The molecule has 0 saturated heterocycles. The Kier molecular flexibility index (Phi) is 13.1. The van der Waals surface area contributed by atoms with Crippen molar-refractivity contribution in [3.05, 3.63) is 222 Å². The number of pyridine rings is 1. The van der Waals surface area contributed by atoms with E-state index in [4.69, 9.17) is 9.72 Å². The number of aromatic nitrogens is 2. The van der Waals surface area contributed by atoms with E-state index in [9.17, 15) is 8.78 Å². The molecule has 10 aromatic rings. The number of rotatable bonds is 8. The second kappa shape index (κ2) is 19.3. The van der Waals surface area contributed by atoms with Gasteiger partial charge in [-0.1, -0.05) is 102 Å². The molecule has 380 valence electrons. The molecule has 0 radical (unpaired) electrons. The summed E-state index contributed by atoms with van der Waals surface area (Å²) >= 11 is 0. The first kappa shape index (κ1) is 50.9. The van der Waals surface area contributed by atoms with Gasteiger partial charge in [-0.3, -0.25) is 0 Å². The average Bonchev–Trinajstić information content (AvgIpc) is 3.89. The minimum atomic E-state index is -1.24. The summed E-state index contributed by atoms with van der Waals surface area (Å²) in [5, 5.41) is 1.97. The Bertz CT molecular complexity index is 3770. The number of anilines is 4. The Morgan fingerprint density at radius 1 is 0.533 bits per heavy atom. The fourth-order valence-electron chi connectivity index (χ4n) is 9.85. The fourth-order valence-corrected chi connectivity index (χ4v) is 9.85. The van der Waals surface area contributed by atoms with Crippen molar-refractivity contribution in [2.24, 2.45) is 0 Å². The average molecular weight is 1190 g/mol. The van der Waals surface area contributed by atoms with Crippen molar-refractivity contribution < 1.29 is 52.1 Å². The van der Waals surface area contributed by atoms with Crippen molar-refractivity contribution in [2.75, 3.05) is 9.80 Å². The maximum Gasteiger partial charge on any atom is 0.136 e. The van der Waals surface area contributed by atoms with E-state index in [2.05, 4.69) is 55.7 Å². The van der Waals surface area contributed by atoms with Crippen molar-refractivity contribution in [3.63, 3.8) is 0 Å². The maximum atomic E-state index is 16.3. The summed E-state index contributed by atoms with van der Waals surface area (Å²) in [6, 6.07) is 47.3. The summed E-state index contributed by atoms with van der Waals surface area (Å²) in [7, 11) is 0. The molecule has 1 aliphatic rings. The van der Waals surface area contributed by atoms with E-state index >= 15 is 17.6 Å². The van der Waals surface area contributed by atoms with E-state index in [1.807, 2.05) is 113 Å². The summed E-state index contributed by atoms with van der Waals surface area (Å²) in [5.41, 5.74) is 4.87. The zero-order chi connectivity index (χ0) is 52.0. The molecule has 1 aliphatic heterocycles. The Labute approximate surface area is 445 Å². The largest absolute Gasteiger partial charge is 0.509 e. The van der Waals surface area contributed by atoms with Crippen molar-refractivity contribution in [2.45, 2.75) is 59.3 Å². The van der Waals surface area contributed by atoms with Gasteiger partial charge in [0.25, 0.3) is 0 Å². The van der Waals surface area contributed by atoms with Crippen LogP contribution in [0.5, 0.6) is 11.5 Å². The molecule has 8 aromatic carbocycles. The van der Waals surface area contributed by atoms with Gasteiger partial charge in [-0.2, -0.15) is 6.07 Å². The number of halogens is 6. The van der Waals surface area contributed by atoms with Crippen LogP contribution in [-0.2, 0) is 31.9 Å². The van der Waals surface area contributed by atoms with Gasteiger partial charge in [0.05, 0.1) is 11.1 Å². The summed E-state index contributed by atoms with van der Waals surface area (Å²) in [5.74, 6) is -5.82. The first-order chi connectivity index (χ1) is 35.3. The number of hydrogen-bond acceptors (Lipinski definition) is 4. The third-order valence-electron chi connectivity index (χ3n) is 13.6. The van der Waals surface area contributed by atoms with Gasteiger partial charge in [-0.15, -0.1) is 53.6 Å². The van der Waals surface area contributed by atoms with Gasteiger partial charge in [0, 0.05) is 96.7 Å². The third-order valence-corrected chi connectivity index (χ3v) is 13.6.